The van der Waals surface area contributed by atoms with Crippen LogP contribution in [0.2, 0.25) is 0 Å². The second-order valence-electron chi connectivity index (χ2n) is 7.70. The molecule has 0 heterocycles. The molecular weight excluding hydrogens is 256 g/mol. The molecule has 0 saturated heterocycles. The lowest BCUT2D eigenvalue weighted by atomic mass is 9.77. The summed E-state index contributed by atoms with van der Waals surface area (Å²) in [5.41, 5.74) is 9.59. The Balaban J connectivity index is 1.57. The molecule has 21 heavy (non-hydrogen) atoms. The molecule has 1 aromatic rings. The fourth-order valence-electron chi connectivity index (χ4n) is 4.09. The van der Waals surface area contributed by atoms with Crippen LogP contribution in [0.1, 0.15) is 62.1 Å². The normalized spacial score (nSPS) is 32.2. The largest absolute Gasteiger partial charge is 0.323 e. The highest BCUT2D eigenvalue weighted by Crippen LogP contribution is 2.42. The van der Waals surface area contributed by atoms with Gasteiger partial charge in [0, 0.05) is 25.2 Å². The third-order valence-corrected chi connectivity index (χ3v) is 5.74. The number of nitrogens with two attached hydrogens (primary N) is 1. The van der Waals surface area contributed by atoms with Gasteiger partial charge in [-0.25, -0.2) is 0 Å². The van der Waals surface area contributed by atoms with Crippen LogP contribution in [0.4, 0.5) is 0 Å². The Bertz CT molecular complexity index is 490. The van der Waals surface area contributed by atoms with Gasteiger partial charge in [-0.05, 0) is 61.0 Å². The summed E-state index contributed by atoms with van der Waals surface area (Å²) in [6, 6.07) is 9.61. The second kappa shape index (κ2) is 5.40. The van der Waals surface area contributed by atoms with E-state index < -0.39 is 0 Å². The Morgan fingerprint density at radius 2 is 1.57 bits per heavy atom. The molecule has 3 atom stereocenters. The number of hydrogen-bond donors (Lipinski definition) is 1. The Kier molecular flexibility index (Phi) is 3.55. The third-order valence-electron chi connectivity index (χ3n) is 5.74. The summed E-state index contributed by atoms with van der Waals surface area (Å²) < 4.78 is 0. The fourth-order valence-corrected chi connectivity index (χ4v) is 4.09. The van der Waals surface area contributed by atoms with Crippen LogP contribution in [-0.4, -0.2) is 24.0 Å². The molecule has 0 radical (unpaired) electrons. The van der Waals surface area contributed by atoms with Gasteiger partial charge in [0.1, 0.15) is 0 Å². The van der Waals surface area contributed by atoms with Gasteiger partial charge < -0.3 is 5.73 Å². The molecular formula is C19H28N2. The average molecular weight is 284 g/mol. The maximum absolute atomic E-state index is 6.70. The minimum atomic E-state index is 0.204. The van der Waals surface area contributed by atoms with Gasteiger partial charge in [-0.2, -0.15) is 0 Å². The number of benzene rings is 1. The summed E-state index contributed by atoms with van der Waals surface area (Å²) in [5, 5.41) is 0. The van der Waals surface area contributed by atoms with Crippen molar-refractivity contribution >= 4 is 0 Å². The lowest BCUT2D eigenvalue weighted by Gasteiger charge is -2.42. The number of hydrogen-bond acceptors (Lipinski definition) is 2. The summed E-state index contributed by atoms with van der Waals surface area (Å²) in [7, 11) is 0. The Morgan fingerprint density at radius 3 is 2.14 bits per heavy atom. The first kappa shape index (κ1) is 13.8. The predicted octanol–water partition coefficient (Wildman–Crippen LogP) is 3.68. The summed E-state index contributed by atoms with van der Waals surface area (Å²) in [4.78, 5) is 2.77. The Labute approximate surface area is 128 Å². The molecule has 2 saturated carbocycles. The third kappa shape index (κ3) is 2.89. The maximum atomic E-state index is 6.70. The number of fused-ring (bicyclic) bond motifs is 1. The first-order valence-corrected chi connectivity index (χ1v) is 8.81. The van der Waals surface area contributed by atoms with E-state index in [1.165, 1.54) is 56.3 Å². The van der Waals surface area contributed by atoms with Crippen molar-refractivity contribution in [3.63, 3.8) is 0 Å². The van der Waals surface area contributed by atoms with Gasteiger partial charge in [-0.1, -0.05) is 31.2 Å². The van der Waals surface area contributed by atoms with Crippen molar-refractivity contribution in [2.75, 3.05) is 13.1 Å². The highest BCUT2D eigenvalue weighted by atomic mass is 15.2. The fraction of sp³-hybridized carbons (Fsp3) is 0.684. The molecule has 3 aliphatic carbocycles. The molecule has 0 aliphatic heterocycles. The second-order valence-corrected chi connectivity index (χ2v) is 7.70. The molecule has 2 N–H and O–H groups in total. The highest BCUT2D eigenvalue weighted by molar-refractivity contribution is 5.36. The zero-order valence-electron chi connectivity index (χ0n) is 13.2. The molecule has 114 valence electrons. The number of rotatable bonds is 5. The van der Waals surface area contributed by atoms with E-state index in [1.54, 1.807) is 0 Å². The van der Waals surface area contributed by atoms with Crippen LogP contribution < -0.4 is 5.73 Å². The predicted molar refractivity (Wildman–Crippen MR) is 87.2 cm³/mol. The van der Waals surface area contributed by atoms with Gasteiger partial charge >= 0.3 is 0 Å². The van der Waals surface area contributed by atoms with E-state index in [0.29, 0.717) is 12.0 Å². The van der Waals surface area contributed by atoms with Crippen LogP contribution in [0, 0.1) is 11.8 Å². The van der Waals surface area contributed by atoms with Gasteiger partial charge in [0.25, 0.3) is 0 Å². The SMILES string of the molecule is CC1CC(N(CC2CC2)CC2CC2)C(N)c2ccccc21. The summed E-state index contributed by atoms with van der Waals surface area (Å²) in [6.45, 7) is 4.97. The summed E-state index contributed by atoms with van der Waals surface area (Å²) in [6.07, 6.45) is 6.99. The summed E-state index contributed by atoms with van der Waals surface area (Å²) >= 11 is 0. The van der Waals surface area contributed by atoms with Crippen molar-refractivity contribution in [3.05, 3.63) is 35.4 Å². The van der Waals surface area contributed by atoms with Gasteiger partial charge in [-0.15, -0.1) is 0 Å². The molecule has 0 amide bonds. The van der Waals surface area contributed by atoms with E-state index in [2.05, 4.69) is 36.1 Å². The molecule has 4 rings (SSSR count). The van der Waals surface area contributed by atoms with Crippen LogP contribution in [0.3, 0.4) is 0 Å². The van der Waals surface area contributed by atoms with Gasteiger partial charge in [-0.3, -0.25) is 4.90 Å². The zero-order valence-corrected chi connectivity index (χ0v) is 13.2. The van der Waals surface area contributed by atoms with Crippen LogP contribution in [0.15, 0.2) is 24.3 Å². The van der Waals surface area contributed by atoms with Gasteiger partial charge in [0.2, 0.25) is 0 Å². The van der Waals surface area contributed by atoms with E-state index in [-0.39, 0.29) is 6.04 Å². The first-order chi connectivity index (χ1) is 10.2. The topological polar surface area (TPSA) is 29.3 Å². The van der Waals surface area contributed by atoms with E-state index in [9.17, 15) is 0 Å². The monoisotopic (exact) mass is 284 g/mol. The number of nitrogens with zero attached hydrogens (tertiary/aromatic N) is 1. The van der Waals surface area contributed by atoms with Crippen molar-refractivity contribution < 1.29 is 0 Å². The van der Waals surface area contributed by atoms with Crippen molar-refractivity contribution in [2.24, 2.45) is 17.6 Å². The highest BCUT2D eigenvalue weighted by Gasteiger charge is 2.38. The molecule has 3 unspecified atom stereocenters. The summed E-state index contributed by atoms with van der Waals surface area (Å²) in [5.74, 6) is 2.57. The van der Waals surface area contributed by atoms with Crippen molar-refractivity contribution in [3.8, 4) is 0 Å². The minimum Gasteiger partial charge on any atom is -0.323 e. The molecule has 2 fully saturated rings. The van der Waals surface area contributed by atoms with Crippen molar-refractivity contribution in [2.45, 2.75) is 57.0 Å². The molecule has 2 heteroatoms. The molecule has 0 spiro atoms. The lowest BCUT2D eigenvalue weighted by molar-refractivity contribution is 0.135. The molecule has 2 nitrogen and oxygen atoms in total. The zero-order chi connectivity index (χ0) is 14.4. The van der Waals surface area contributed by atoms with E-state index >= 15 is 0 Å². The Morgan fingerprint density at radius 1 is 1.00 bits per heavy atom. The molecule has 0 aromatic heterocycles. The molecule has 1 aromatic carbocycles. The lowest BCUT2D eigenvalue weighted by Crippen LogP contribution is -2.47. The molecule has 3 aliphatic rings. The standard InChI is InChI=1S/C19H28N2/c1-13-10-18(19(20)17-5-3-2-4-16(13)17)21(11-14-6-7-14)12-15-8-9-15/h2-5,13-15,18-19H,6-12,20H2,1H3. The minimum absolute atomic E-state index is 0.204. The van der Waals surface area contributed by atoms with Gasteiger partial charge in [0.15, 0.2) is 0 Å². The first-order valence-electron chi connectivity index (χ1n) is 8.81. The van der Waals surface area contributed by atoms with Crippen LogP contribution in [0.5, 0.6) is 0 Å². The van der Waals surface area contributed by atoms with Gasteiger partial charge in [0.05, 0.1) is 0 Å². The van der Waals surface area contributed by atoms with Crippen LogP contribution in [0.25, 0.3) is 0 Å². The maximum Gasteiger partial charge on any atom is 0.0456 e. The average Bonchev–Trinajstić information content (AvgIpc) is 3.38. The molecule has 0 bridgehead atoms. The van der Waals surface area contributed by atoms with Crippen molar-refractivity contribution in [1.29, 1.82) is 0 Å². The van der Waals surface area contributed by atoms with E-state index in [1.807, 2.05) is 0 Å². The van der Waals surface area contributed by atoms with Crippen molar-refractivity contribution in [1.82, 2.24) is 4.90 Å². The smallest absolute Gasteiger partial charge is 0.0456 e. The Hall–Kier alpha value is -0.860. The van der Waals surface area contributed by atoms with E-state index in [4.69, 9.17) is 5.73 Å². The quantitative estimate of drug-likeness (QED) is 0.893. The van der Waals surface area contributed by atoms with Crippen LogP contribution in [-0.2, 0) is 0 Å². The van der Waals surface area contributed by atoms with E-state index in [0.717, 1.165) is 11.8 Å². The van der Waals surface area contributed by atoms with Crippen LogP contribution >= 0.6 is 0 Å².